The standard InChI is InChI=1S/C26H27N5O2/c1-16-12-18(10-11-19(16)24(33)13-17-8-9-17)22-15-28-26-20(27-2)14-25(29-31(22)26)30(3)21-6-4-5-7-23(21)32/h4-7,10-12,14-15,17,27,32H,8-9,13H2,1-3H3. The Kier molecular flexibility index (Phi) is 5.24. The molecule has 2 aromatic carbocycles. The molecule has 0 unspecified atom stereocenters. The lowest BCUT2D eigenvalue weighted by molar-refractivity contribution is 0.0975. The number of anilines is 3. The van der Waals surface area contributed by atoms with Crippen LogP contribution in [0.15, 0.2) is 54.7 Å². The third-order valence-electron chi connectivity index (χ3n) is 6.30. The van der Waals surface area contributed by atoms with Crippen molar-refractivity contribution in [2.75, 3.05) is 24.3 Å². The molecule has 0 aliphatic heterocycles. The van der Waals surface area contributed by atoms with Gasteiger partial charge >= 0.3 is 0 Å². The topological polar surface area (TPSA) is 82.8 Å². The minimum absolute atomic E-state index is 0.181. The summed E-state index contributed by atoms with van der Waals surface area (Å²) < 4.78 is 1.80. The number of aromatic hydroxyl groups is 1. The minimum Gasteiger partial charge on any atom is -0.506 e. The molecule has 0 amide bonds. The van der Waals surface area contributed by atoms with Crippen LogP contribution in [0.2, 0.25) is 0 Å². The molecular formula is C26H27N5O2. The highest BCUT2D eigenvalue weighted by molar-refractivity contribution is 5.98. The maximum atomic E-state index is 12.6. The van der Waals surface area contributed by atoms with Gasteiger partial charge in [-0.3, -0.25) is 4.79 Å². The van der Waals surface area contributed by atoms with Gasteiger partial charge < -0.3 is 15.3 Å². The first-order valence-electron chi connectivity index (χ1n) is 11.2. The number of fused-ring (bicyclic) bond motifs is 1. The number of para-hydroxylation sites is 2. The van der Waals surface area contributed by atoms with Crippen molar-refractivity contribution < 1.29 is 9.90 Å². The normalized spacial score (nSPS) is 13.3. The molecule has 2 N–H and O–H groups in total. The van der Waals surface area contributed by atoms with Gasteiger partial charge in [0, 0.05) is 37.7 Å². The number of aromatic nitrogens is 3. The van der Waals surface area contributed by atoms with E-state index in [2.05, 4.69) is 10.3 Å². The fourth-order valence-corrected chi connectivity index (χ4v) is 4.20. The van der Waals surface area contributed by atoms with Crippen molar-refractivity contribution in [1.29, 1.82) is 0 Å². The van der Waals surface area contributed by atoms with Gasteiger partial charge in [-0.15, -0.1) is 5.10 Å². The van der Waals surface area contributed by atoms with Gasteiger partial charge in [0.1, 0.15) is 5.75 Å². The van der Waals surface area contributed by atoms with Gasteiger partial charge in [-0.25, -0.2) is 9.50 Å². The molecule has 2 aromatic heterocycles. The number of phenolic OH excluding ortho intramolecular Hbond substituents is 1. The second-order valence-electron chi connectivity index (χ2n) is 8.69. The Labute approximate surface area is 192 Å². The fourth-order valence-electron chi connectivity index (χ4n) is 4.20. The minimum atomic E-state index is 0.181. The lowest BCUT2D eigenvalue weighted by atomic mass is 9.98. The van der Waals surface area contributed by atoms with Crippen LogP contribution in [0, 0.1) is 12.8 Å². The summed E-state index contributed by atoms with van der Waals surface area (Å²) in [6.45, 7) is 1.98. The molecule has 2 heterocycles. The lowest BCUT2D eigenvalue weighted by Gasteiger charge is -2.20. The van der Waals surface area contributed by atoms with Crippen molar-refractivity contribution >= 4 is 28.6 Å². The number of hydrogen-bond donors (Lipinski definition) is 2. The van der Waals surface area contributed by atoms with Crippen molar-refractivity contribution in [2.45, 2.75) is 26.2 Å². The van der Waals surface area contributed by atoms with Crippen LogP contribution in [0.5, 0.6) is 5.75 Å². The monoisotopic (exact) mass is 441 g/mol. The first kappa shape index (κ1) is 21.0. The average molecular weight is 442 g/mol. The number of imidazole rings is 1. The molecule has 0 radical (unpaired) electrons. The van der Waals surface area contributed by atoms with E-state index in [9.17, 15) is 9.90 Å². The van der Waals surface area contributed by atoms with Crippen molar-refractivity contribution in [2.24, 2.45) is 5.92 Å². The fraction of sp³-hybridized carbons (Fsp3) is 0.269. The Balaban J connectivity index is 1.57. The molecule has 5 rings (SSSR count). The van der Waals surface area contributed by atoms with Gasteiger partial charge in [0.15, 0.2) is 17.2 Å². The van der Waals surface area contributed by atoms with E-state index in [4.69, 9.17) is 5.10 Å². The molecule has 33 heavy (non-hydrogen) atoms. The SMILES string of the molecule is CNc1cc(N(C)c2ccccc2O)nn2c(-c3ccc(C(=O)CC4CC4)c(C)c3)cnc12. The third kappa shape index (κ3) is 3.91. The van der Waals surface area contributed by atoms with E-state index in [1.165, 1.54) is 12.8 Å². The summed E-state index contributed by atoms with van der Waals surface area (Å²) in [4.78, 5) is 19.1. The number of rotatable bonds is 7. The Bertz CT molecular complexity index is 1360. The number of ketones is 1. The summed E-state index contributed by atoms with van der Waals surface area (Å²) in [5.41, 5.74) is 5.71. The van der Waals surface area contributed by atoms with Crippen LogP contribution in [0.1, 0.15) is 35.2 Å². The van der Waals surface area contributed by atoms with Crippen molar-refractivity contribution in [3.05, 3.63) is 65.9 Å². The molecule has 7 nitrogen and oxygen atoms in total. The van der Waals surface area contributed by atoms with Gasteiger partial charge in [0.25, 0.3) is 0 Å². The largest absolute Gasteiger partial charge is 0.506 e. The molecule has 4 aromatic rings. The molecule has 168 valence electrons. The summed E-state index contributed by atoms with van der Waals surface area (Å²) in [6, 6.07) is 15.0. The molecule has 1 saturated carbocycles. The van der Waals surface area contributed by atoms with E-state index in [1.807, 2.05) is 62.3 Å². The van der Waals surface area contributed by atoms with Crippen LogP contribution in [0.3, 0.4) is 0 Å². The van der Waals surface area contributed by atoms with E-state index in [-0.39, 0.29) is 11.5 Å². The Morgan fingerprint density at radius 1 is 1.21 bits per heavy atom. The number of carbonyl (C=O) groups is 1. The van der Waals surface area contributed by atoms with Crippen LogP contribution >= 0.6 is 0 Å². The number of benzene rings is 2. The number of carbonyl (C=O) groups excluding carboxylic acids is 1. The van der Waals surface area contributed by atoms with E-state index in [0.29, 0.717) is 29.5 Å². The number of aryl methyl sites for hydroxylation is 1. The average Bonchev–Trinajstić information content (AvgIpc) is 3.52. The highest BCUT2D eigenvalue weighted by Gasteiger charge is 2.25. The highest BCUT2D eigenvalue weighted by Crippen LogP contribution is 2.35. The van der Waals surface area contributed by atoms with Gasteiger partial charge in [0.2, 0.25) is 0 Å². The van der Waals surface area contributed by atoms with E-state index >= 15 is 0 Å². The predicted molar refractivity (Wildman–Crippen MR) is 131 cm³/mol. The van der Waals surface area contributed by atoms with Crippen LogP contribution < -0.4 is 10.2 Å². The molecule has 0 bridgehead atoms. The first-order valence-corrected chi connectivity index (χ1v) is 11.2. The maximum Gasteiger partial charge on any atom is 0.177 e. The smallest absolute Gasteiger partial charge is 0.177 e. The zero-order valence-corrected chi connectivity index (χ0v) is 19.0. The van der Waals surface area contributed by atoms with Crippen LogP contribution in [-0.2, 0) is 0 Å². The molecule has 1 aliphatic carbocycles. The molecule has 7 heteroatoms. The van der Waals surface area contributed by atoms with Crippen LogP contribution in [0.25, 0.3) is 16.9 Å². The Morgan fingerprint density at radius 3 is 2.70 bits per heavy atom. The van der Waals surface area contributed by atoms with Crippen LogP contribution in [0.4, 0.5) is 17.2 Å². The number of Topliss-reactive ketones (excluding diaryl/α,β-unsaturated/α-hetero) is 1. The Hall–Kier alpha value is -3.87. The molecular weight excluding hydrogens is 414 g/mol. The summed E-state index contributed by atoms with van der Waals surface area (Å²) in [5, 5.41) is 18.3. The van der Waals surface area contributed by atoms with Crippen molar-refractivity contribution in [3.63, 3.8) is 0 Å². The summed E-state index contributed by atoms with van der Waals surface area (Å²) in [6.07, 6.45) is 4.78. The number of nitrogens with one attached hydrogen (secondary N) is 1. The second-order valence-corrected chi connectivity index (χ2v) is 8.69. The zero-order valence-electron chi connectivity index (χ0n) is 19.0. The van der Waals surface area contributed by atoms with E-state index in [0.717, 1.165) is 28.1 Å². The molecule has 0 saturated heterocycles. The molecule has 1 fully saturated rings. The number of nitrogens with zero attached hydrogens (tertiary/aromatic N) is 4. The quantitative estimate of drug-likeness (QED) is 0.384. The van der Waals surface area contributed by atoms with E-state index < -0.39 is 0 Å². The molecule has 1 aliphatic rings. The summed E-state index contributed by atoms with van der Waals surface area (Å²) in [7, 11) is 3.71. The maximum absolute atomic E-state index is 12.6. The summed E-state index contributed by atoms with van der Waals surface area (Å²) in [5.74, 6) is 1.63. The number of hydrogen-bond acceptors (Lipinski definition) is 6. The lowest BCUT2D eigenvalue weighted by Crippen LogP contribution is -2.14. The van der Waals surface area contributed by atoms with E-state index in [1.54, 1.807) is 22.8 Å². The zero-order chi connectivity index (χ0) is 23.1. The summed E-state index contributed by atoms with van der Waals surface area (Å²) >= 11 is 0. The van der Waals surface area contributed by atoms with Crippen molar-refractivity contribution in [3.8, 4) is 17.0 Å². The first-order chi connectivity index (χ1) is 16.0. The molecule has 0 atom stereocenters. The van der Waals surface area contributed by atoms with Gasteiger partial charge in [-0.1, -0.05) is 24.3 Å². The Morgan fingerprint density at radius 2 is 2.00 bits per heavy atom. The number of phenols is 1. The third-order valence-corrected chi connectivity index (χ3v) is 6.30. The molecule has 0 spiro atoms. The van der Waals surface area contributed by atoms with Gasteiger partial charge in [-0.2, -0.15) is 0 Å². The van der Waals surface area contributed by atoms with Crippen LogP contribution in [-0.4, -0.2) is 39.6 Å². The predicted octanol–water partition coefficient (Wildman–Crippen LogP) is 5.20. The van der Waals surface area contributed by atoms with Crippen molar-refractivity contribution in [1.82, 2.24) is 14.6 Å². The van der Waals surface area contributed by atoms with Gasteiger partial charge in [-0.05, 0) is 49.4 Å². The van der Waals surface area contributed by atoms with Gasteiger partial charge in [0.05, 0.1) is 23.3 Å². The second kappa shape index (κ2) is 8.24. The highest BCUT2D eigenvalue weighted by atomic mass is 16.3.